The van der Waals surface area contributed by atoms with Crippen LogP contribution in [-0.4, -0.2) is 27.6 Å². The van der Waals surface area contributed by atoms with Gasteiger partial charge in [0.05, 0.1) is 17.4 Å². The molecule has 0 saturated carbocycles. The van der Waals surface area contributed by atoms with E-state index in [1.807, 2.05) is 5.38 Å². The summed E-state index contributed by atoms with van der Waals surface area (Å²) in [5, 5.41) is 13.1. The number of thiophene rings is 1. The van der Waals surface area contributed by atoms with Crippen LogP contribution in [0.2, 0.25) is 0 Å². The fourth-order valence-electron chi connectivity index (χ4n) is 3.27. The zero-order valence-electron chi connectivity index (χ0n) is 13.7. The second-order valence-corrected chi connectivity index (χ2v) is 6.77. The number of carbonyl (C=O) groups excluding carboxylic acids is 1. The number of nitro groups is 1. The van der Waals surface area contributed by atoms with Gasteiger partial charge in [-0.2, -0.15) is 0 Å². The molecule has 1 atom stereocenters. The van der Waals surface area contributed by atoms with E-state index in [0.29, 0.717) is 40.0 Å². The molecule has 0 N–H and O–H groups in total. The van der Waals surface area contributed by atoms with E-state index in [1.165, 1.54) is 35.1 Å². The van der Waals surface area contributed by atoms with Gasteiger partial charge in [0.1, 0.15) is 16.7 Å². The first kappa shape index (κ1) is 16.4. The first-order chi connectivity index (χ1) is 12.5. The standard InChI is InChI=1S/C17H13N3O5S/c1-25-17(22)12-6-7-13-18-15-14(16(21)19(12)13)11(8-26-15)9-2-4-10(5-3-9)20(23)24/h2-5,8,12H,6-7H2,1H3. The summed E-state index contributed by atoms with van der Waals surface area (Å²) < 4.78 is 6.21. The minimum Gasteiger partial charge on any atom is -0.467 e. The van der Waals surface area contributed by atoms with Crippen LogP contribution in [0.5, 0.6) is 0 Å². The molecular formula is C17H13N3O5S. The predicted octanol–water partition coefficient (Wildman–Crippen LogP) is 2.69. The summed E-state index contributed by atoms with van der Waals surface area (Å²) in [5.74, 6) is 0.120. The van der Waals surface area contributed by atoms with Gasteiger partial charge in [-0.25, -0.2) is 9.78 Å². The Balaban J connectivity index is 1.90. The third-order valence-electron chi connectivity index (χ3n) is 4.53. The molecule has 0 amide bonds. The lowest BCUT2D eigenvalue weighted by molar-refractivity contribution is -0.384. The number of methoxy groups -OCH3 is 1. The minimum absolute atomic E-state index is 0.0187. The molecule has 1 aromatic carbocycles. The molecule has 3 aromatic rings. The second kappa shape index (κ2) is 6.03. The summed E-state index contributed by atoms with van der Waals surface area (Å²) in [5.41, 5.74) is 1.04. The van der Waals surface area contributed by atoms with Gasteiger partial charge in [0.2, 0.25) is 0 Å². The van der Waals surface area contributed by atoms with Crippen molar-refractivity contribution >= 4 is 33.2 Å². The Kier molecular flexibility index (Phi) is 3.80. The van der Waals surface area contributed by atoms with Gasteiger partial charge in [0.15, 0.2) is 0 Å². The molecule has 1 aliphatic heterocycles. The highest BCUT2D eigenvalue weighted by Gasteiger charge is 2.32. The third kappa shape index (κ3) is 2.39. The Labute approximate surface area is 150 Å². The van der Waals surface area contributed by atoms with Crippen LogP contribution in [0, 0.1) is 10.1 Å². The number of benzene rings is 1. The van der Waals surface area contributed by atoms with Crippen LogP contribution >= 0.6 is 11.3 Å². The van der Waals surface area contributed by atoms with Crippen molar-refractivity contribution in [3.05, 3.63) is 55.9 Å². The smallest absolute Gasteiger partial charge is 0.329 e. The topological polar surface area (TPSA) is 104 Å². The number of nitro benzene ring substituents is 1. The predicted molar refractivity (Wildman–Crippen MR) is 95.3 cm³/mol. The van der Waals surface area contributed by atoms with Crippen molar-refractivity contribution in [2.75, 3.05) is 7.11 Å². The fourth-order valence-corrected chi connectivity index (χ4v) is 4.23. The van der Waals surface area contributed by atoms with E-state index in [1.54, 1.807) is 12.1 Å². The van der Waals surface area contributed by atoms with Crippen LogP contribution in [0.1, 0.15) is 18.3 Å². The number of non-ortho nitro benzene ring substituents is 1. The summed E-state index contributed by atoms with van der Waals surface area (Å²) in [6.45, 7) is 0. The minimum atomic E-state index is -0.663. The monoisotopic (exact) mass is 371 g/mol. The number of rotatable bonds is 3. The molecule has 3 heterocycles. The molecule has 8 nitrogen and oxygen atoms in total. The van der Waals surface area contributed by atoms with Crippen molar-refractivity contribution < 1.29 is 14.5 Å². The maximum absolute atomic E-state index is 13.1. The number of aromatic nitrogens is 2. The van der Waals surface area contributed by atoms with Crippen molar-refractivity contribution in [3.8, 4) is 11.1 Å². The molecular weight excluding hydrogens is 358 g/mol. The van der Waals surface area contributed by atoms with Crippen LogP contribution in [-0.2, 0) is 16.0 Å². The summed E-state index contributed by atoms with van der Waals surface area (Å²) in [4.78, 5) is 40.6. The normalized spacial score (nSPS) is 15.8. The molecule has 0 bridgehead atoms. The molecule has 9 heteroatoms. The quantitative estimate of drug-likeness (QED) is 0.398. The number of nitrogens with zero attached hydrogens (tertiary/aromatic N) is 3. The maximum atomic E-state index is 13.1. The molecule has 0 aliphatic carbocycles. The van der Waals surface area contributed by atoms with E-state index in [9.17, 15) is 19.7 Å². The number of hydrogen-bond acceptors (Lipinski definition) is 7. The van der Waals surface area contributed by atoms with Gasteiger partial charge in [-0.3, -0.25) is 19.5 Å². The van der Waals surface area contributed by atoms with Crippen molar-refractivity contribution in [1.82, 2.24) is 9.55 Å². The molecule has 26 heavy (non-hydrogen) atoms. The van der Waals surface area contributed by atoms with E-state index in [-0.39, 0.29) is 11.2 Å². The summed E-state index contributed by atoms with van der Waals surface area (Å²) in [7, 11) is 1.30. The summed E-state index contributed by atoms with van der Waals surface area (Å²) in [6.07, 6.45) is 1.02. The number of ether oxygens (including phenoxy) is 1. The number of carbonyl (C=O) groups is 1. The first-order valence-electron chi connectivity index (χ1n) is 7.86. The fraction of sp³-hybridized carbons (Fsp3) is 0.235. The largest absolute Gasteiger partial charge is 0.467 e. The Hall–Kier alpha value is -3.07. The third-order valence-corrected chi connectivity index (χ3v) is 5.40. The molecule has 0 spiro atoms. The Morgan fingerprint density at radius 2 is 2.12 bits per heavy atom. The second-order valence-electron chi connectivity index (χ2n) is 5.91. The number of aryl methyl sites for hydroxylation is 1. The van der Waals surface area contributed by atoms with Crippen LogP contribution in [0.15, 0.2) is 34.4 Å². The SMILES string of the molecule is COC(=O)C1CCc2nc3scc(-c4ccc([N+](=O)[O-])cc4)c3c(=O)n21. The van der Waals surface area contributed by atoms with Crippen molar-refractivity contribution in [2.24, 2.45) is 0 Å². The van der Waals surface area contributed by atoms with Crippen molar-refractivity contribution in [3.63, 3.8) is 0 Å². The van der Waals surface area contributed by atoms with Crippen LogP contribution in [0.25, 0.3) is 21.3 Å². The average Bonchev–Trinajstić information content (AvgIpc) is 3.26. The Bertz CT molecular complexity index is 1100. The van der Waals surface area contributed by atoms with E-state index in [0.717, 1.165) is 0 Å². The van der Waals surface area contributed by atoms with Gasteiger partial charge < -0.3 is 4.74 Å². The molecule has 0 radical (unpaired) electrons. The highest BCUT2D eigenvalue weighted by Crippen LogP contribution is 2.34. The molecule has 1 unspecified atom stereocenters. The molecule has 1 aliphatic rings. The van der Waals surface area contributed by atoms with Crippen LogP contribution in [0.4, 0.5) is 5.69 Å². The van der Waals surface area contributed by atoms with E-state index >= 15 is 0 Å². The molecule has 2 aromatic heterocycles. The van der Waals surface area contributed by atoms with Gasteiger partial charge in [0.25, 0.3) is 11.2 Å². The van der Waals surface area contributed by atoms with Crippen LogP contribution in [0.3, 0.4) is 0 Å². The molecule has 132 valence electrons. The van der Waals surface area contributed by atoms with Gasteiger partial charge in [-0.15, -0.1) is 11.3 Å². The lowest BCUT2D eigenvalue weighted by Gasteiger charge is -2.12. The lowest BCUT2D eigenvalue weighted by Crippen LogP contribution is -2.29. The Morgan fingerprint density at radius 3 is 2.77 bits per heavy atom. The van der Waals surface area contributed by atoms with Crippen molar-refractivity contribution in [1.29, 1.82) is 0 Å². The highest BCUT2D eigenvalue weighted by atomic mass is 32.1. The molecule has 4 rings (SSSR count). The van der Waals surface area contributed by atoms with Crippen molar-refractivity contribution in [2.45, 2.75) is 18.9 Å². The molecule has 0 fully saturated rings. The van der Waals surface area contributed by atoms with E-state index in [4.69, 9.17) is 4.74 Å². The maximum Gasteiger partial charge on any atom is 0.329 e. The first-order valence-corrected chi connectivity index (χ1v) is 8.74. The van der Waals surface area contributed by atoms with Gasteiger partial charge >= 0.3 is 5.97 Å². The summed E-state index contributed by atoms with van der Waals surface area (Å²) in [6, 6.07) is 5.34. The zero-order valence-corrected chi connectivity index (χ0v) is 14.5. The van der Waals surface area contributed by atoms with E-state index < -0.39 is 16.9 Å². The van der Waals surface area contributed by atoms with Gasteiger partial charge in [-0.1, -0.05) is 0 Å². The highest BCUT2D eigenvalue weighted by molar-refractivity contribution is 7.17. The molecule has 0 saturated heterocycles. The zero-order chi connectivity index (χ0) is 18.4. The Morgan fingerprint density at radius 1 is 1.38 bits per heavy atom. The van der Waals surface area contributed by atoms with Gasteiger partial charge in [-0.05, 0) is 24.1 Å². The summed E-state index contributed by atoms with van der Waals surface area (Å²) >= 11 is 1.34. The average molecular weight is 371 g/mol. The lowest BCUT2D eigenvalue weighted by atomic mass is 10.1. The number of fused-ring (bicyclic) bond motifs is 2. The van der Waals surface area contributed by atoms with Crippen LogP contribution < -0.4 is 5.56 Å². The number of esters is 1. The number of hydrogen-bond donors (Lipinski definition) is 0. The van der Waals surface area contributed by atoms with Gasteiger partial charge in [0, 0.05) is 29.5 Å². The van der Waals surface area contributed by atoms with E-state index in [2.05, 4.69) is 4.98 Å².